The summed E-state index contributed by atoms with van der Waals surface area (Å²) in [5.41, 5.74) is 7.50. The summed E-state index contributed by atoms with van der Waals surface area (Å²) < 4.78 is 0. The third kappa shape index (κ3) is 3.07. The Bertz CT molecular complexity index is 530. The molecule has 19 heavy (non-hydrogen) atoms. The molecule has 1 aliphatic carbocycles. The summed E-state index contributed by atoms with van der Waals surface area (Å²) in [6.07, 6.45) is 5.49. The summed E-state index contributed by atoms with van der Waals surface area (Å²) in [7, 11) is 0. The number of nitrogens with two attached hydrogens (primary N) is 1. The van der Waals surface area contributed by atoms with E-state index in [9.17, 15) is 0 Å². The highest BCUT2D eigenvalue weighted by Crippen LogP contribution is 2.35. The number of nitrogen functional groups attached to an aromatic ring is 1. The van der Waals surface area contributed by atoms with Gasteiger partial charge in [-0.25, -0.2) is 0 Å². The molecule has 1 heterocycles. The van der Waals surface area contributed by atoms with Crippen molar-refractivity contribution in [1.29, 1.82) is 0 Å². The van der Waals surface area contributed by atoms with Crippen LogP contribution in [0.1, 0.15) is 25.7 Å². The second-order valence-electron chi connectivity index (χ2n) is 4.89. The minimum Gasteiger partial charge on any atom is -0.382 e. The van der Waals surface area contributed by atoms with Crippen molar-refractivity contribution < 1.29 is 0 Å². The molecular weight excluding hydrogens is 254 g/mol. The Kier molecular flexibility index (Phi) is 3.69. The highest BCUT2D eigenvalue weighted by atomic mass is 32.2. The van der Waals surface area contributed by atoms with Gasteiger partial charge in [0.15, 0.2) is 0 Å². The Morgan fingerprint density at radius 3 is 2.32 bits per heavy atom. The van der Waals surface area contributed by atoms with Gasteiger partial charge in [0.05, 0.1) is 5.69 Å². The third-order valence-electron chi connectivity index (χ3n) is 3.44. The van der Waals surface area contributed by atoms with Crippen molar-refractivity contribution in [3.63, 3.8) is 0 Å². The molecule has 0 amide bonds. The second-order valence-corrected chi connectivity index (χ2v) is 6.27. The van der Waals surface area contributed by atoms with Crippen molar-refractivity contribution in [3.05, 3.63) is 36.4 Å². The molecule has 0 saturated heterocycles. The Labute approximate surface area is 117 Å². The molecule has 0 spiro atoms. The highest BCUT2D eigenvalue weighted by Gasteiger charge is 2.15. The van der Waals surface area contributed by atoms with Gasteiger partial charge in [0.1, 0.15) is 5.82 Å². The van der Waals surface area contributed by atoms with E-state index in [0.717, 1.165) is 16.5 Å². The zero-order chi connectivity index (χ0) is 13.1. The molecule has 1 fully saturated rings. The van der Waals surface area contributed by atoms with E-state index in [1.807, 2.05) is 17.8 Å². The molecule has 0 atom stereocenters. The predicted molar refractivity (Wildman–Crippen MR) is 80.0 cm³/mol. The first-order chi connectivity index (χ1) is 9.31. The van der Waals surface area contributed by atoms with Crippen LogP contribution in [-0.2, 0) is 0 Å². The smallest absolute Gasteiger partial charge is 0.146 e. The van der Waals surface area contributed by atoms with Crippen molar-refractivity contribution >= 4 is 17.6 Å². The quantitative estimate of drug-likeness (QED) is 0.923. The summed E-state index contributed by atoms with van der Waals surface area (Å²) >= 11 is 2.00. The van der Waals surface area contributed by atoms with Gasteiger partial charge in [-0.3, -0.25) is 0 Å². The van der Waals surface area contributed by atoms with Gasteiger partial charge in [-0.05, 0) is 37.1 Å². The predicted octanol–water partition coefficient (Wildman–Crippen LogP) is 3.76. The van der Waals surface area contributed by atoms with Crippen molar-refractivity contribution in [2.75, 3.05) is 5.73 Å². The molecule has 1 aromatic heterocycles. The van der Waals surface area contributed by atoms with E-state index in [2.05, 4.69) is 34.5 Å². The number of hydrogen-bond acceptors (Lipinski definition) is 4. The lowest BCUT2D eigenvalue weighted by Gasteiger charge is -2.09. The fourth-order valence-electron chi connectivity index (χ4n) is 2.40. The molecule has 1 aliphatic rings. The van der Waals surface area contributed by atoms with Gasteiger partial charge in [0, 0.05) is 15.7 Å². The first-order valence-electron chi connectivity index (χ1n) is 6.67. The SMILES string of the molecule is Nc1ccc(-c2ccc(SC3CCCC3)cc2)nn1. The van der Waals surface area contributed by atoms with Gasteiger partial charge < -0.3 is 5.73 Å². The standard InChI is InChI=1S/C15H17N3S/c16-15-10-9-14(17-18-15)11-5-7-13(8-6-11)19-12-3-1-2-4-12/h5-10,12H,1-4H2,(H2,16,18). The normalized spacial score (nSPS) is 15.8. The molecule has 0 aliphatic heterocycles. The van der Waals surface area contributed by atoms with Gasteiger partial charge in [-0.1, -0.05) is 25.0 Å². The fourth-order valence-corrected chi connectivity index (χ4v) is 3.65. The Hall–Kier alpha value is -1.55. The van der Waals surface area contributed by atoms with Crippen LogP contribution in [0, 0.1) is 0 Å². The Morgan fingerprint density at radius 1 is 0.947 bits per heavy atom. The average Bonchev–Trinajstić information content (AvgIpc) is 2.94. The largest absolute Gasteiger partial charge is 0.382 e. The van der Waals surface area contributed by atoms with Crippen LogP contribution in [0.4, 0.5) is 5.82 Å². The highest BCUT2D eigenvalue weighted by molar-refractivity contribution is 8.00. The van der Waals surface area contributed by atoms with Crippen LogP contribution in [0.5, 0.6) is 0 Å². The number of rotatable bonds is 3. The number of anilines is 1. The third-order valence-corrected chi connectivity index (χ3v) is 4.79. The van der Waals surface area contributed by atoms with E-state index in [-0.39, 0.29) is 0 Å². The summed E-state index contributed by atoms with van der Waals surface area (Å²) in [5.74, 6) is 0.456. The number of thioether (sulfide) groups is 1. The molecular formula is C15H17N3S. The molecule has 3 nitrogen and oxygen atoms in total. The van der Waals surface area contributed by atoms with E-state index < -0.39 is 0 Å². The monoisotopic (exact) mass is 271 g/mol. The van der Waals surface area contributed by atoms with Crippen LogP contribution in [0.15, 0.2) is 41.3 Å². The minimum absolute atomic E-state index is 0.456. The lowest BCUT2D eigenvalue weighted by atomic mass is 10.1. The fraction of sp³-hybridized carbons (Fsp3) is 0.333. The number of hydrogen-bond donors (Lipinski definition) is 1. The van der Waals surface area contributed by atoms with Crippen LogP contribution in [0.25, 0.3) is 11.3 Å². The van der Waals surface area contributed by atoms with Gasteiger partial charge >= 0.3 is 0 Å². The Morgan fingerprint density at radius 2 is 1.68 bits per heavy atom. The average molecular weight is 271 g/mol. The van der Waals surface area contributed by atoms with E-state index in [1.165, 1.54) is 30.6 Å². The molecule has 4 heteroatoms. The zero-order valence-corrected chi connectivity index (χ0v) is 11.6. The molecule has 1 saturated carbocycles. The van der Waals surface area contributed by atoms with Crippen LogP contribution in [0.3, 0.4) is 0 Å². The number of benzene rings is 1. The van der Waals surface area contributed by atoms with Crippen LogP contribution >= 0.6 is 11.8 Å². The minimum atomic E-state index is 0.456. The van der Waals surface area contributed by atoms with Gasteiger partial charge in [-0.2, -0.15) is 0 Å². The maximum absolute atomic E-state index is 5.54. The first-order valence-corrected chi connectivity index (χ1v) is 7.55. The molecule has 0 bridgehead atoms. The number of aromatic nitrogens is 2. The van der Waals surface area contributed by atoms with E-state index in [1.54, 1.807) is 6.07 Å². The summed E-state index contributed by atoms with van der Waals surface area (Å²) in [6, 6.07) is 12.3. The first kappa shape index (κ1) is 12.5. The van der Waals surface area contributed by atoms with Crippen molar-refractivity contribution in [2.45, 2.75) is 35.8 Å². The van der Waals surface area contributed by atoms with E-state index in [4.69, 9.17) is 5.73 Å². The maximum Gasteiger partial charge on any atom is 0.146 e. The van der Waals surface area contributed by atoms with Crippen molar-refractivity contribution in [1.82, 2.24) is 10.2 Å². The molecule has 3 rings (SSSR count). The van der Waals surface area contributed by atoms with Gasteiger partial charge in [-0.15, -0.1) is 22.0 Å². The van der Waals surface area contributed by atoms with Crippen molar-refractivity contribution in [3.8, 4) is 11.3 Å². The summed E-state index contributed by atoms with van der Waals surface area (Å²) in [6.45, 7) is 0. The Balaban J connectivity index is 1.72. The topological polar surface area (TPSA) is 51.8 Å². The van der Waals surface area contributed by atoms with Gasteiger partial charge in [0.25, 0.3) is 0 Å². The lowest BCUT2D eigenvalue weighted by molar-refractivity contribution is 0.886. The molecule has 0 unspecified atom stereocenters. The molecule has 2 N–H and O–H groups in total. The molecule has 1 aromatic carbocycles. The zero-order valence-electron chi connectivity index (χ0n) is 10.7. The summed E-state index contributed by atoms with van der Waals surface area (Å²) in [5, 5.41) is 8.79. The van der Waals surface area contributed by atoms with E-state index >= 15 is 0 Å². The van der Waals surface area contributed by atoms with Crippen LogP contribution in [-0.4, -0.2) is 15.4 Å². The molecule has 0 radical (unpaired) electrons. The lowest BCUT2D eigenvalue weighted by Crippen LogP contribution is -1.94. The second kappa shape index (κ2) is 5.61. The van der Waals surface area contributed by atoms with Crippen molar-refractivity contribution in [2.24, 2.45) is 0 Å². The maximum atomic E-state index is 5.54. The van der Waals surface area contributed by atoms with E-state index in [0.29, 0.717) is 5.82 Å². The summed E-state index contributed by atoms with van der Waals surface area (Å²) in [4.78, 5) is 1.35. The molecule has 98 valence electrons. The number of nitrogens with zero attached hydrogens (tertiary/aromatic N) is 2. The molecule has 2 aromatic rings. The van der Waals surface area contributed by atoms with Crippen LogP contribution < -0.4 is 5.73 Å². The van der Waals surface area contributed by atoms with Gasteiger partial charge in [0.2, 0.25) is 0 Å². The van der Waals surface area contributed by atoms with Crippen LogP contribution in [0.2, 0.25) is 0 Å².